The quantitative estimate of drug-likeness (QED) is 0.637. The van der Waals surface area contributed by atoms with Crippen molar-refractivity contribution in [2.24, 2.45) is 29.1 Å². The van der Waals surface area contributed by atoms with Crippen LogP contribution in [-0.4, -0.2) is 22.7 Å². The fourth-order valence-corrected chi connectivity index (χ4v) is 5.36. The molecule has 1 aromatic rings. The molecule has 1 aliphatic heterocycles. The van der Waals surface area contributed by atoms with E-state index in [-0.39, 0.29) is 29.2 Å². The Morgan fingerprint density at radius 1 is 1.11 bits per heavy atom. The Kier molecular flexibility index (Phi) is 3.06. The molecule has 27 heavy (non-hydrogen) atoms. The number of piperidine rings is 1. The van der Waals surface area contributed by atoms with E-state index in [4.69, 9.17) is 0 Å². The fraction of sp³-hybridized carbons (Fsp3) is 0.421. The van der Waals surface area contributed by atoms with Crippen LogP contribution < -0.4 is 5.43 Å². The van der Waals surface area contributed by atoms with Crippen molar-refractivity contribution in [1.29, 1.82) is 0 Å². The third kappa shape index (κ3) is 1.98. The van der Waals surface area contributed by atoms with Crippen LogP contribution in [0.2, 0.25) is 0 Å². The number of hydrogen-bond acceptors (Lipinski definition) is 3. The highest BCUT2D eigenvalue weighted by Crippen LogP contribution is 2.76. The number of halogens is 3. The van der Waals surface area contributed by atoms with Gasteiger partial charge in [-0.1, -0.05) is 12.2 Å². The number of fused-ring (bicyclic) bond motifs is 1. The Hall–Kier alpha value is -2.64. The fourth-order valence-electron chi connectivity index (χ4n) is 5.36. The summed E-state index contributed by atoms with van der Waals surface area (Å²) in [6, 6.07) is 3.63. The van der Waals surface area contributed by atoms with Crippen LogP contribution in [0.25, 0.3) is 0 Å². The van der Waals surface area contributed by atoms with Gasteiger partial charge in [0.1, 0.15) is 0 Å². The summed E-state index contributed by atoms with van der Waals surface area (Å²) < 4.78 is 37.9. The highest BCUT2D eigenvalue weighted by Gasteiger charge is 2.84. The van der Waals surface area contributed by atoms with Crippen LogP contribution in [0.1, 0.15) is 28.8 Å². The van der Waals surface area contributed by atoms with Crippen molar-refractivity contribution in [2.45, 2.75) is 19.0 Å². The summed E-state index contributed by atoms with van der Waals surface area (Å²) in [5, 5.41) is 0.774. The van der Waals surface area contributed by atoms with E-state index in [9.17, 15) is 27.6 Å². The normalized spacial score (nSPS) is 35.9. The van der Waals surface area contributed by atoms with Crippen molar-refractivity contribution in [3.63, 3.8) is 0 Å². The zero-order valence-corrected chi connectivity index (χ0v) is 14.0. The van der Waals surface area contributed by atoms with Crippen LogP contribution in [0.5, 0.6) is 0 Å². The summed E-state index contributed by atoms with van der Waals surface area (Å²) >= 11 is 0. The molecule has 0 radical (unpaired) electrons. The molecule has 1 spiro atoms. The van der Waals surface area contributed by atoms with Crippen LogP contribution in [0.4, 0.5) is 13.2 Å². The predicted octanol–water partition coefficient (Wildman–Crippen LogP) is 2.55. The van der Waals surface area contributed by atoms with Crippen LogP contribution in [0, 0.1) is 29.1 Å². The number of alkyl halides is 3. The van der Waals surface area contributed by atoms with Crippen LogP contribution >= 0.6 is 0 Å². The van der Waals surface area contributed by atoms with Crippen molar-refractivity contribution in [3.05, 3.63) is 47.5 Å². The molecule has 8 heteroatoms. The predicted molar refractivity (Wildman–Crippen MR) is 85.5 cm³/mol. The highest BCUT2D eigenvalue weighted by atomic mass is 19.4. The smallest absolute Gasteiger partial charge is 0.272 e. The number of hydrogen-bond donors (Lipinski definition) is 1. The van der Waals surface area contributed by atoms with Gasteiger partial charge in [0.25, 0.3) is 17.7 Å². The second-order valence-electron chi connectivity index (χ2n) is 7.66. The molecule has 3 unspecified atom stereocenters. The number of benzene rings is 1. The third-order valence-corrected chi connectivity index (χ3v) is 6.54. The maximum atomic E-state index is 13.0. The largest absolute Gasteiger partial charge is 0.416 e. The number of carbonyl (C=O) groups is 3. The van der Waals surface area contributed by atoms with Gasteiger partial charge in [0, 0.05) is 5.56 Å². The summed E-state index contributed by atoms with van der Waals surface area (Å²) in [6.45, 7) is 0. The van der Waals surface area contributed by atoms with Gasteiger partial charge in [-0.05, 0) is 54.9 Å². The lowest BCUT2D eigenvalue weighted by Gasteiger charge is -2.37. The van der Waals surface area contributed by atoms with Gasteiger partial charge in [-0.25, -0.2) is 0 Å². The Labute approximate surface area is 152 Å². The molecule has 5 atom stereocenters. The number of nitrogens with zero attached hydrogens (tertiary/aromatic N) is 1. The molecule has 1 aromatic carbocycles. The van der Waals surface area contributed by atoms with Crippen LogP contribution in [0.15, 0.2) is 36.4 Å². The van der Waals surface area contributed by atoms with E-state index in [1.54, 1.807) is 0 Å². The van der Waals surface area contributed by atoms with Gasteiger partial charge in [-0.15, -0.1) is 0 Å². The van der Waals surface area contributed by atoms with Crippen LogP contribution in [0.3, 0.4) is 0 Å². The van der Waals surface area contributed by atoms with Crippen molar-refractivity contribution in [1.82, 2.24) is 10.4 Å². The molecule has 1 saturated heterocycles. The van der Waals surface area contributed by atoms with E-state index in [1.807, 2.05) is 6.08 Å². The maximum absolute atomic E-state index is 13.0. The molecule has 4 aliphatic carbocycles. The molecule has 2 saturated carbocycles. The lowest BCUT2D eigenvalue weighted by molar-refractivity contribution is -0.148. The van der Waals surface area contributed by atoms with E-state index < -0.39 is 34.9 Å². The van der Waals surface area contributed by atoms with E-state index in [2.05, 4.69) is 11.5 Å². The molecule has 5 aliphatic rings. The minimum atomic E-state index is -4.50. The maximum Gasteiger partial charge on any atom is 0.416 e. The molecule has 0 aromatic heterocycles. The molecule has 5 nitrogen and oxygen atoms in total. The van der Waals surface area contributed by atoms with Gasteiger partial charge >= 0.3 is 6.18 Å². The average Bonchev–Trinajstić information content (AvgIpc) is 3.34. The topological polar surface area (TPSA) is 66.5 Å². The lowest BCUT2D eigenvalue weighted by Crippen LogP contribution is -2.51. The van der Waals surface area contributed by atoms with Crippen LogP contribution in [-0.2, 0) is 15.8 Å². The molecule has 3 fully saturated rings. The summed E-state index contributed by atoms with van der Waals surface area (Å²) in [4.78, 5) is 38.0. The number of amides is 3. The number of hydrazine groups is 1. The zero-order valence-electron chi connectivity index (χ0n) is 14.0. The number of rotatable bonds is 2. The Balaban J connectivity index is 1.35. The first kappa shape index (κ1) is 16.5. The molecule has 140 valence electrons. The second-order valence-corrected chi connectivity index (χ2v) is 7.66. The summed E-state index contributed by atoms with van der Waals surface area (Å²) in [5.74, 6) is -1.70. The SMILES string of the molecule is O=C(NN1C(=O)[C@H]2C3C4C=CC(CC4)[C@]32C1=O)c1ccc(C(F)(F)F)cc1. The van der Waals surface area contributed by atoms with Crippen molar-refractivity contribution >= 4 is 17.7 Å². The van der Waals surface area contributed by atoms with Gasteiger partial charge in [-0.3, -0.25) is 19.8 Å². The molecular weight excluding hydrogens is 361 g/mol. The molecule has 3 amide bonds. The van der Waals surface area contributed by atoms with Gasteiger partial charge in [0.05, 0.1) is 16.9 Å². The minimum absolute atomic E-state index is 0.0157. The van der Waals surface area contributed by atoms with E-state index >= 15 is 0 Å². The van der Waals surface area contributed by atoms with Gasteiger partial charge in [0.15, 0.2) is 0 Å². The van der Waals surface area contributed by atoms with Gasteiger partial charge < -0.3 is 0 Å². The summed E-state index contributed by atoms with van der Waals surface area (Å²) in [5.41, 5.74) is 0.644. The number of imide groups is 1. The van der Waals surface area contributed by atoms with Crippen molar-refractivity contribution in [3.8, 4) is 0 Å². The Bertz CT molecular complexity index is 908. The van der Waals surface area contributed by atoms with Crippen molar-refractivity contribution < 1.29 is 27.6 Å². The minimum Gasteiger partial charge on any atom is -0.272 e. The molecule has 1 N–H and O–H groups in total. The third-order valence-electron chi connectivity index (χ3n) is 6.54. The van der Waals surface area contributed by atoms with Gasteiger partial charge in [-0.2, -0.15) is 18.2 Å². The average molecular weight is 376 g/mol. The first-order chi connectivity index (χ1) is 12.8. The second kappa shape index (κ2) is 4.99. The standard InChI is InChI=1S/C19H15F3N2O3/c20-19(21,22)12-7-3-10(4-8-12)15(25)23-24-16(26)14-13-9-1-5-11(6-2-9)18(13,14)17(24)27/h1,3-5,7-9,11,13-14H,2,6H2,(H,23,25)/t9?,11?,13?,14-,18+/m1/s1. The molecule has 2 bridgehead atoms. The first-order valence-electron chi connectivity index (χ1n) is 8.81. The summed E-state index contributed by atoms with van der Waals surface area (Å²) in [7, 11) is 0. The molecular formula is C19H15F3N2O3. The van der Waals surface area contributed by atoms with E-state index in [0.29, 0.717) is 0 Å². The Morgan fingerprint density at radius 3 is 2.41 bits per heavy atom. The Morgan fingerprint density at radius 2 is 1.81 bits per heavy atom. The number of carbonyl (C=O) groups excluding carboxylic acids is 3. The highest BCUT2D eigenvalue weighted by molar-refractivity contribution is 6.14. The molecule has 1 heterocycles. The lowest BCUT2D eigenvalue weighted by atomic mass is 9.68. The van der Waals surface area contributed by atoms with Crippen molar-refractivity contribution in [2.75, 3.05) is 0 Å². The van der Waals surface area contributed by atoms with E-state index in [0.717, 1.165) is 42.1 Å². The summed E-state index contributed by atoms with van der Waals surface area (Å²) in [6.07, 6.45) is 1.43. The first-order valence-corrected chi connectivity index (χ1v) is 8.81. The zero-order chi connectivity index (χ0) is 19.1. The molecule has 6 rings (SSSR count). The number of nitrogens with one attached hydrogen (secondary N) is 1. The monoisotopic (exact) mass is 376 g/mol. The van der Waals surface area contributed by atoms with E-state index in [1.165, 1.54) is 0 Å². The number of allylic oxidation sites excluding steroid dienone is 2. The van der Waals surface area contributed by atoms with Gasteiger partial charge in [0.2, 0.25) is 0 Å².